The topological polar surface area (TPSA) is 99.2 Å². The van der Waals surface area contributed by atoms with E-state index in [-0.39, 0.29) is 25.2 Å². The van der Waals surface area contributed by atoms with Crippen molar-refractivity contribution in [1.29, 1.82) is 5.41 Å². The Morgan fingerprint density at radius 2 is 2.31 bits per heavy atom. The predicted octanol–water partition coefficient (Wildman–Crippen LogP) is 0.661. The van der Waals surface area contributed by atoms with Crippen molar-refractivity contribution in [3.63, 3.8) is 0 Å². The summed E-state index contributed by atoms with van der Waals surface area (Å²) in [7, 11) is 0. The average molecular weight is 231 g/mol. The molecule has 0 saturated carbocycles. The van der Waals surface area contributed by atoms with Crippen LogP contribution in [0, 0.1) is 5.41 Å². The molecule has 0 unspecified atom stereocenters. The van der Waals surface area contributed by atoms with Crippen LogP contribution in [0.25, 0.3) is 0 Å². The van der Waals surface area contributed by atoms with E-state index in [1.54, 1.807) is 0 Å². The number of carboxylic acids is 1. The van der Waals surface area contributed by atoms with Crippen molar-refractivity contribution < 1.29 is 14.3 Å². The maximum Gasteiger partial charge on any atom is 0.323 e. The van der Waals surface area contributed by atoms with Gasteiger partial charge in [0.15, 0.2) is 0 Å². The lowest BCUT2D eigenvalue weighted by atomic mass is 9.97. The second-order valence-electron chi connectivity index (χ2n) is 3.75. The van der Waals surface area contributed by atoms with Crippen LogP contribution in [-0.2, 0) is 4.79 Å². The van der Waals surface area contributed by atoms with Gasteiger partial charge in [0.2, 0.25) is 0 Å². The summed E-state index contributed by atoms with van der Waals surface area (Å²) in [5, 5.41) is 18.1. The summed E-state index contributed by atoms with van der Waals surface area (Å²) in [6.45, 7) is 1.75. The number of rotatable bonds is 8. The molecule has 0 aliphatic carbocycles. The van der Waals surface area contributed by atoms with Crippen LogP contribution in [0.3, 0.4) is 0 Å². The molecule has 0 rings (SSSR count). The average Bonchev–Trinajstić information content (AvgIpc) is 2.17. The molecule has 5 N–H and O–H groups in total. The second-order valence-corrected chi connectivity index (χ2v) is 3.75. The van der Waals surface area contributed by atoms with Crippen LogP contribution in [0.4, 0.5) is 4.39 Å². The first-order valence-corrected chi connectivity index (χ1v) is 4.96. The molecular formula is C10H18FN3O2. The summed E-state index contributed by atoms with van der Waals surface area (Å²) in [6.07, 6.45) is 2.90. The third-order valence-electron chi connectivity index (χ3n) is 2.06. The Hall–Kier alpha value is -1.27. The third kappa shape index (κ3) is 6.26. The van der Waals surface area contributed by atoms with Crippen molar-refractivity contribution in [2.75, 3.05) is 13.1 Å². The zero-order valence-electron chi connectivity index (χ0n) is 9.29. The Labute approximate surface area is 94.0 Å². The number of nitrogens with one attached hydrogen (secondary N) is 2. The van der Waals surface area contributed by atoms with Crippen LogP contribution in [0.1, 0.15) is 19.8 Å². The maximum absolute atomic E-state index is 13.0. The quantitative estimate of drug-likeness (QED) is 0.364. The SMILES string of the molecule is C[C@@](N)(CC/C=C(\F)CNCC=N)C(=O)O. The maximum atomic E-state index is 13.0. The van der Waals surface area contributed by atoms with Gasteiger partial charge in [-0.25, -0.2) is 4.39 Å². The van der Waals surface area contributed by atoms with Gasteiger partial charge in [0.1, 0.15) is 11.4 Å². The van der Waals surface area contributed by atoms with Gasteiger partial charge in [0, 0.05) is 19.3 Å². The van der Waals surface area contributed by atoms with E-state index in [1.807, 2.05) is 0 Å². The van der Waals surface area contributed by atoms with E-state index in [1.165, 1.54) is 13.0 Å². The van der Waals surface area contributed by atoms with Gasteiger partial charge in [0.25, 0.3) is 0 Å². The Morgan fingerprint density at radius 1 is 1.69 bits per heavy atom. The number of carboxylic acid groups (broad SMARTS) is 1. The van der Waals surface area contributed by atoms with Gasteiger partial charge in [-0.15, -0.1) is 0 Å². The van der Waals surface area contributed by atoms with E-state index in [4.69, 9.17) is 16.2 Å². The molecule has 5 nitrogen and oxygen atoms in total. The molecule has 0 heterocycles. The smallest absolute Gasteiger partial charge is 0.323 e. The van der Waals surface area contributed by atoms with E-state index in [0.29, 0.717) is 6.54 Å². The highest BCUT2D eigenvalue weighted by Crippen LogP contribution is 2.10. The monoisotopic (exact) mass is 231 g/mol. The van der Waals surface area contributed by atoms with Gasteiger partial charge in [-0.1, -0.05) is 6.08 Å². The standard InChI is InChI=1S/C10H18FN3O2/c1-10(13,9(15)16)4-2-3-8(11)7-14-6-5-12/h3,5,12,14H,2,4,6-7,13H2,1H3,(H,15,16)/b8-3-,12-5?/t10-/m1/s1. The molecule has 0 aromatic carbocycles. The molecule has 0 aromatic rings. The van der Waals surface area contributed by atoms with Gasteiger partial charge < -0.3 is 21.6 Å². The van der Waals surface area contributed by atoms with E-state index < -0.39 is 11.5 Å². The molecule has 0 radical (unpaired) electrons. The molecule has 0 spiro atoms. The van der Waals surface area contributed by atoms with Crippen LogP contribution < -0.4 is 11.1 Å². The number of halogens is 1. The molecule has 92 valence electrons. The van der Waals surface area contributed by atoms with Crippen molar-refractivity contribution in [2.24, 2.45) is 5.73 Å². The highest BCUT2D eigenvalue weighted by Gasteiger charge is 2.26. The van der Waals surface area contributed by atoms with Crippen LogP contribution in [0.15, 0.2) is 11.9 Å². The minimum atomic E-state index is -1.32. The molecular weight excluding hydrogens is 213 g/mol. The lowest BCUT2D eigenvalue weighted by molar-refractivity contribution is -0.142. The molecule has 0 aromatic heterocycles. The minimum Gasteiger partial charge on any atom is -0.480 e. The zero-order chi connectivity index (χ0) is 12.6. The lowest BCUT2D eigenvalue weighted by Gasteiger charge is -2.17. The molecule has 0 aliphatic heterocycles. The van der Waals surface area contributed by atoms with Crippen LogP contribution in [-0.4, -0.2) is 35.9 Å². The third-order valence-corrected chi connectivity index (χ3v) is 2.06. The highest BCUT2D eigenvalue weighted by atomic mass is 19.1. The summed E-state index contributed by atoms with van der Waals surface area (Å²) < 4.78 is 13.0. The molecule has 6 heteroatoms. The predicted molar refractivity (Wildman–Crippen MR) is 60.3 cm³/mol. The van der Waals surface area contributed by atoms with Crippen LogP contribution in [0.2, 0.25) is 0 Å². The molecule has 16 heavy (non-hydrogen) atoms. The van der Waals surface area contributed by atoms with E-state index in [9.17, 15) is 9.18 Å². The van der Waals surface area contributed by atoms with Gasteiger partial charge in [-0.3, -0.25) is 4.79 Å². The van der Waals surface area contributed by atoms with Crippen molar-refractivity contribution in [3.8, 4) is 0 Å². The van der Waals surface area contributed by atoms with E-state index in [0.717, 1.165) is 6.21 Å². The molecule has 0 bridgehead atoms. The summed E-state index contributed by atoms with van der Waals surface area (Å²) in [5.74, 6) is -1.47. The zero-order valence-corrected chi connectivity index (χ0v) is 9.29. The number of aliphatic carboxylic acids is 1. The Balaban J connectivity index is 3.90. The van der Waals surface area contributed by atoms with Crippen molar-refractivity contribution in [2.45, 2.75) is 25.3 Å². The molecule has 1 atom stereocenters. The Bertz CT molecular complexity index is 277. The van der Waals surface area contributed by atoms with Crippen molar-refractivity contribution in [3.05, 3.63) is 11.9 Å². The first kappa shape index (κ1) is 14.7. The Kier molecular flexibility index (Phi) is 6.52. The largest absolute Gasteiger partial charge is 0.480 e. The summed E-state index contributed by atoms with van der Waals surface area (Å²) in [5.41, 5.74) is 4.15. The van der Waals surface area contributed by atoms with Crippen molar-refractivity contribution in [1.82, 2.24) is 5.32 Å². The molecule has 0 saturated heterocycles. The molecule has 0 aliphatic rings. The first-order chi connectivity index (χ1) is 7.40. The molecule has 0 fully saturated rings. The summed E-state index contributed by atoms with van der Waals surface area (Å²) >= 11 is 0. The van der Waals surface area contributed by atoms with Gasteiger partial charge >= 0.3 is 5.97 Å². The highest BCUT2D eigenvalue weighted by molar-refractivity contribution is 5.77. The minimum absolute atomic E-state index is 0.0454. The first-order valence-electron chi connectivity index (χ1n) is 4.96. The van der Waals surface area contributed by atoms with Crippen LogP contribution in [0.5, 0.6) is 0 Å². The van der Waals surface area contributed by atoms with E-state index >= 15 is 0 Å². The fraction of sp³-hybridized carbons (Fsp3) is 0.600. The number of hydrogen-bond donors (Lipinski definition) is 4. The lowest BCUT2D eigenvalue weighted by Crippen LogP contribution is -2.44. The second kappa shape index (κ2) is 7.08. The number of nitrogens with two attached hydrogens (primary N) is 1. The molecule has 0 amide bonds. The Morgan fingerprint density at radius 3 is 2.81 bits per heavy atom. The number of allylic oxidation sites excluding steroid dienone is 1. The van der Waals surface area contributed by atoms with E-state index in [2.05, 4.69) is 5.32 Å². The van der Waals surface area contributed by atoms with Gasteiger partial charge in [0.05, 0.1) is 0 Å². The fourth-order valence-electron chi connectivity index (χ4n) is 0.971. The normalized spacial score (nSPS) is 15.6. The number of carbonyl (C=O) groups is 1. The van der Waals surface area contributed by atoms with Gasteiger partial charge in [-0.2, -0.15) is 0 Å². The van der Waals surface area contributed by atoms with Crippen molar-refractivity contribution >= 4 is 12.2 Å². The summed E-state index contributed by atoms with van der Waals surface area (Å²) in [4.78, 5) is 10.6. The number of hydrogen-bond acceptors (Lipinski definition) is 4. The van der Waals surface area contributed by atoms with Crippen LogP contribution >= 0.6 is 0 Å². The van der Waals surface area contributed by atoms with Gasteiger partial charge in [-0.05, 0) is 19.8 Å². The fourth-order valence-corrected chi connectivity index (χ4v) is 0.971. The summed E-state index contributed by atoms with van der Waals surface area (Å²) in [6, 6.07) is 0.